The molecule has 0 aromatic rings. The van der Waals surface area contributed by atoms with E-state index < -0.39 is 6.48 Å². The van der Waals surface area contributed by atoms with Crippen LogP contribution in [0, 0.1) is 5.92 Å². The smallest absolute Gasteiger partial charge is 0.303 e. The number of rotatable bonds is 2. The van der Waals surface area contributed by atoms with Gasteiger partial charge in [-0.2, -0.15) is 9.78 Å². The molecular weight excluding hydrogens is 136 g/mol. The van der Waals surface area contributed by atoms with Gasteiger partial charge in [-0.1, -0.05) is 13.8 Å². The number of ether oxygens (including phenoxy) is 2. The fourth-order valence-corrected chi connectivity index (χ4v) is 0.618. The average Bonchev–Trinajstić information content (AvgIpc) is 2.34. The fourth-order valence-electron chi connectivity index (χ4n) is 0.618. The topological polar surface area (TPSA) is 36.9 Å². The van der Waals surface area contributed by atoms with Crippen molar-refractivity contribution in [3.05, 3.63) is 0 Å². The van der Waals surface area contributed by atoms with Crippen molar-refractivity contribution in [2.24, 2.45) is 5.92 Å². The van der Waals surface area contributed by atoms with E-state index in [1.807, 2.05) is 13.8 Å². The molecule has 0 aromatic heterocycles. The molecule has 10 heavy (non-hydrogen) atoms. The zero-order valence-corrected chi connectivity index (χ0v) is 6.37. The monoisotopic (exact) mass is 148 g/mol. The van der Waals surface area contributed by atoms with Gasteiger partial charge in [-0.15, -0.1) is 0 Å². The van der Waals surface area contributed by atoms with Crippen LogP contribution in [0.1, 0.15) is 13.8 Å². The Morgan fingerprint density at radius 1 is 1.30 bits per heavy atom. The van der Waals surface area contributed by atoms with Crippen LogP contribution < -0.4 is 0 Å². The Bertz CT molecular complexity index is 104. The van der Waals surface area contributed by atoms with Crippen molar-refractivity contribution in [3.8, 4) is 0 Å². The summed E-state index contributed by atoms with van der Waals surface area (Å²) in [5.74, 6) is 0.278. The van der Waals surface area contributed by atoms with E-state index >= 15 is 0 Å². The van der Waals surface area contributed by atoms with Gasteiger partial charge < -0.3 is 4.74 Å². The molecule has 2 atom stereocenters. The third-order valence-corrected chi connectivity index (χ3v) is 1.21. The molecule has 60 valence electrons. The van der Waals surface area contributed by atoms with Crippen molar-refractivity contribution in [3.63, 3.8) is 0 Å². The highest BCUT2D eigenvalue weighted by molar-refractivity contribution is 4.49. The van der Waals surface area contributed by atoms with Crippen LogP contribution >= 0.6 is 0 Å². The fraction of sp³-hybridized carbons (Fsp3) is 1.00. The van der Waals surface area contributed by atoms with Crippen LogP contribution in [0.5, 0.6) is 0 Å². The van der Waals surface area contributed by atoms with E-state index in [1.54, 1.807) is 0 Å². The third kappa shape index (κ3) is 1.67. The molecule has 1 aliphatic heterocycles. The Hall–Kier alpha value is -0.160. The molecule has 0 radical (unpaired) electrons. The summed E-state index contributed by atoms with van der Waals surface area (Å²) in [5.41, 5.74) is 0. The first-order chi connectivity index (χ1) is 4.74. The van der Waals surface area contributed by atoms with E-state index in [1.165, 1.54) is 7.11 Å². The third-order valence-electron chi connectivity index (χ3n) is 1.21. The van der Waals surface area contributed by atoms with Crippen molar-refractivity contribution in [2.75, 3.05) is 7.11 Å². The van der Waals surface area contributed by atoms with E-state index in [9.17, 15) is 0 Å². The van der Waals surface area contributed by atoms with E-state index in [0.717, 1.165) is 0 Å². The minimum atomic E-state index is -0.660. The molecule has 0 aromatic carbocycles. The van der Waals surface area contributed by atoms with Gasteiger partial charge in [0, 0.05) is 13.0 Å². The molecule has 1 aliphatic rings. The van der Waals surface area contributed by atoms with Gasteiger partial charge in [-0.25, -0.2) is 0 Å². The molecule has 0 saturated carbocycles. The summed E-state index contributed by atoms with van der Waals surface area (Å²) >= 11 is 0. The zero-order chi connectivity index (χ0) is 7.56. The van der Waals surface area contributed by atoms with Crippen LogP contribution in [0.25, 0.3) is 0 Å². The van der Waals surface area contributed by atoms with Gasteiger partial charge in [0.25, 0.3) is 0 Å². The lowest BCUT2D eigenvalue weighted by Crippen LogP contribution is -2.18. The normalized spacial score (nSPS) is 33.6. The molecule has 0 N–H and O–H groups in total. The molecule has 1 heterocycles. The van der Waals surface area contributed by atoms with Gasteiger partial charge in [0.15, 0.2) is 6.29 Å². The predicted molar refractivity (Wildman–Crippen MR) is 32.7 cm³/mol. The summed E-state index contributed by atoms with van der Waals surface area (Å²) in [6.45, 7) is 3.30. The second-order valence-corrected chi connectivity index (χ2v) is 2.47. The molecule has 4 nitrogen and oxygen atoms in total. The molecule has 0 spiro atoms. The zero-order valence-electron chi connectivity index (χ0n) is 6.37. The van der Waals surface area contributed by atoms with Gasteiger partial charge in [-0.3, -0.25) is 4.74 Å². The molecular formula is C6H12O4. The molecule has 0 bridgehead atoms. The molecule has 1 rings (SSSR count). The second kappa shape index (κ2) is 3.30. The second-order valence-electron chi connectivity index (χ2n) is 2.47. The summed E-state index contributed by atoms with van der Waals surface area (Å²) in [5, 5.41) is 0. The largest absolute Gasteiger partial charge is 0.331 e. The lowest BCUT2D eigenvalue weighted by Gasteiger charge is -2.09. The van der Waals surface area contributed by atoms with E-state index in [4.69, 9.17) is 14.4 Å². The minimum absolute atomic E-state index is 0.278. The molecule has 0 unspecified atom stereocenters. The Kier molecular flexibility index (Phi) is 2.62. The van der Waals surface area contributed by atoms with Gasteiger partial charge in [0.2, 0.25) is 0 Å². The first kappa shape index (κ1) is 7.94. The molecule has 0 amide bonds. The molecule has 0 aliphatic carbocycles. The van der Waals surface area contributed by atoms with Crippen molar-refractivity contribution in [1.82, 2.24) is 0 Å². The maximum atomic E-state index is 5.11. The van der Waals surface area contributed by atoms with Crippen LogP contribution in [0.3, 0.4) is 0 Å². The van der Waals surface area contributed by atoms with Gasteiger partial charge >= 0.3 is 6.48 Å². The van der Waals surface area contributed by atoms with Crippen molar-refractivity contribution in [2.45, 2.75) is 26.6 Å². The van der Waals surface area contributed by atoms with E-state index in [0.29, 0.717) is 0 Å². The molecule has 4 heteroatoms. The summed E-state index contributed by atoms with van der Waals surface area (Å²) < 4.78 is 9.83. The van der Waals surface area contributed by atoms with E-state index in [-0.39, 0.29) is 12.2 Å². The number of hydrogen-bond donors (Lipinski definition) is 0. The number of methoxy groups -OCH3 is 1. The summed E-state index contributed by atoms with van der Waals surface area (Å²) in [7, 11) is 1.50. The van der Waals surface area contributed by atoms with Crippen molar-refractivity contribution < 1.29 is 19.2 Å². The summed E-state index contributed by atoms with van der Waals surface area (Å²) in [4.78, 5) is 9.40. The van der Waals surface area contributed by atoms with Gasteiger partial charge in [0.05, 0.1) is 0 Å². The highest BCUT2D eigenvalue weighted by atomic mass is 17.3. The SMILES string of the molecule is CO[C@@H]1OO[C@@H](C(C)C)O1. The first-order valence-electron chi connectivity index (χ1n) is 3.24. The highest BCUT2D eigenvalue weighted by Gasteiger charge is 2.29. The molecule has 1 saturated heterocycles. The molecule has 1 fully saturated rings. The lowest BCUT2D eigenvalue weighted by atomic mass is 10.2. The van der Waals surface area contributed by atoms with E-state index in [2.05, 4.69) is 4.89 Å². The van der Waals surface area contributed by atoms with Crippen LogP contribution in [0.2, 0.25) is 0 Å². The Morgan fingerprint density at radius 3 is 2.30 bits per heavy atom. The quantitative estimate of drug-likeness (QED) is 0.544. The summed E-state index contributed by atoms with van der Waals surface area (Å²) in [6, 6.07) is 0. The summed E-state index contributed by atoms with van der Waals surface area (Å²) in [6.07, 6.45) is -0.301. The van der Waals surface area contributed by atoms with Crippen molar-refractivity contribution >= 4 is 0 Å². The maximum Gasteiger partial charge on any atom is 0.303 e. The average molecular weight is 148 g/mol. The van der Waals surface area contributed by atoms with Gasteiger partial charge in [-0.05, 0) is 0 Å². The van der Waals surface area contributed by atoms with Crippen LogP contribution in [0.15, 0.2) is 0 Å². The maximum absolute atomic E-state index is 5.11. The first-order valence-corrected chi connectivity index (χ1v) is 3.24. The Balaban J connectivity index is 2.28. The minimum Gasteiger partial charge on any atom is -0.331 e. The number of hydrogen-bond acceptors (Lipinski definition) is 4. The predicted octanol–water partition coefficient (Wildman–Crippen LogP) is 0.877. The standard InChI is InChI=1S/C6H12O4/c1-4(2)5-8-6(7-3)10-9-5/h4-6H,1-3H3/t5-,6-/m0/s1. The van der Waals surface area contributed by atoms with Crippen LogP contribution in [-0.4, -0.2) is 19.9 Å². The van der Waals surface area contributed by atoms with Gasteiger partial charge in [0.1, 0.15) is 0 Å². The van der Waals surface area contributed by atoms with Crippen molar-refractivity contribution in [1.29, 1.82) is 0 Å². The Labute approximate surface area is 59.9 Å². The lowest BCUT2D eigenvalue weighted by molar-refractivity contribution is -0.347. The van der Waals surface area contributed by atoms with Crippen LogP contribution in [0.4, 0.5) is 0 Å². The highest BCUT2D eigenvalue weighted by Crippen LogP contribution is 2.19. The van der Waals surface area contributed by atoms with Crippen LogP contribution in [-0.2, 0) is 19.2 Å². The Morgan fingerprint density at radius 2 is 2.00 bits per heavy atom.